The summed E-state index contributed by atoms with van der Waals surface area (Å²) in [6.07, 6.45) is 0.731. The Morgan fingerprint density at radius 1 is 1.00 bits per heavy atom. The molecule has 3 heterocycles. The van der Waals surface area contributed by atoms with E-state index in [9.17, 15) is 9.59 Å². The van der Waals surface area contributed by atoms with Gasteiger partial charge >= 0.3 is 5.69 Å². The molecular formula is C21H16N6O2S2. The van der Waals surface area contributed by atoms with Crippen molar-refractivity contribution in [2.75, 3.05) is 5.32 Å². The van der Waals surface area contributed by atoms with Gasteiger partial charge in [0.2, 0.25) is 5.91 Å². The Labute approximate surface area is 184 Å². The maximum absolute atomic E-state index is 12.4. The topological polar surface area (TPSA) is 94.7 Å². The molecule has 10 heteroatoms. The van der Waals surface area contributed by atoms with Crippen LogP contribution in [0.2, 0.25) is 0 Å². The summed E-state index contributed by atoms with van der Waals surface area (Å²) >= 11 is 3.05. The van der Waals surface area contributed by atoms with Crippen molar-refractivity contribution < 1.29 is 4.79 Å². The van der Waals surface area contributed by atoms with Gasteiger partial charge in [0.25, 0.3) is 0 Å². The highest BCUT2D eigenvalue weighted by Crippen LogP contribution is 2.24. The molecule has 5 rings (SSSR count). The van der Waals surface area contributed by atoms with Crippen molar-refractivity contribution >= 4 is 44.5 Å². The molecule has 1 amide bonds. The number of rotatable bonds is 6. The number of carbonyl (C=O) groups is 1. The van der Waals surface area contributed by atoms with Crippen molar-refractivity contribution in [3.05, 3.63) is 87.1 Å². The molecule has 154 valence electrons. The number of nitrogens with zero attached hydrogens (tertiary/aromatic N) is 5. The molecule has 0 aliphatic carbocycles. The molecule has 0 radical (unpaired) electrons. The van der Waals surface area contributed by atoms with E-state index in [0.717, 1.165) is 27.2 Å². The lowest BCUT2D eigenvalue weighted by Gasteiger charge is -2.05. The fraction of sp³-hybridized carbons (Fsp3) is 0.0952. The van der Waals surface area contributed by atoms with Crippen molar-refractivity contribution in [2.24, 2.45) is 0 Å². The molecule has 0 saturated carbocycles. The second-order valence-electron chi connectivity index (χ2n) is 6.78. The first-order valence-corrected chi connectivity index (χ1v) is 11.2. The number of thiophene rings is 1. The lowest BCUT2D eigenvalue weighted by molar-refractivity contribution is -0.117. The van der Waals surface area contributed by atoms with Crippen molar-refractivity contribution in [3.63, 3.8) is 0 Å². The summed E-state index contributed by atoms with van der Waals surface area (Å²) in [4.78, 5) is 29.4. The lowest BCUT2D eigenvalue weighted by atomic mass is 10.1. The second kappa shape index (κ2) is 8.25. The van der Waals surface area contributed by atoms with Crippen LogP contribution < -0.4 is 11.0 Å². The van der Waals surface area contributed by atoms with E-state index in [4.69, 9.17) is 0 Å². The van der Waals surface area contributed by atoms with E-state index in [-0.39, 0.29) is 12.5 Å². The summed E-state index contributed by atoms with van der Waals surface area (Å²) in [5.74, 6) is -0.348. The number of benzene rings is 2. The SMILES string of the molecule is O=C(Cn1nnn(-c2cccs2)c1=O)Nc1ccc(Cc2nc3ccccc3s2)cc1. The highest BCUT2D eigenvalue weighted by Gasteiger charge is 2.13. The van der Waals surface area contributed by atoms with Crippen LogP contribution in [-0.2, 0) is 17.8 Å². The minimum absolute atomic E-state index is 0.211. The van der Waals surface area contributed by atoms with Crippen LogP contribution in [0.5, 0.6) is 0 Å². The van der Waals surface area contributed by atoms with Gasteiger partial charge in [-0.2, -0.15) is 9.36 Å². The first kappa shape index (κ1) is 19.3. The summed E-state index contributed by atoms with van der Waals surface area (Å²) in [6, 6.07) is 19.3. The number of hydrogen-bond donors (Lipinski definition) is 1. The van der Waals surface area contributed by atoms with Crippen LogP contribution in [0.25, 0.3) is 15.2 Å². The van der Waals surface area contributed by atoms with Crippen LogP contribution in [0.1, 0.15) is 10.6 Å². The molecule has 1 N–H and O–H groups in total. The summed E-state index contributed by atoms with van der Waals surface area (Å²) in [5, 5.41) is 13.9. The average Bonchev–Trinajstić information content (AvgIpc) is 3.50. The Morgan fingerprint density at radius 3 is 2.61 bits per heavy atom. The molecule has 0 aliphatic heterocycles. The third-order valence-corrected chi connectivity index (χ3v) is 6.46. The Balaban J connectivity index is 1.22. The Bertz CT molecular complexity index is 1370. The Morgan fingerprint density at radius 2 is 1.84 bits per heavy atom. The van der Waals surface area contributed by atoms with Crippen LogP contribution in [0.15, 0.2) is 70.8 Å². The number of thiazole rings is 1. The molecule has 2 aromatic carbocycles. The molecule has 31 heavy (non-hydrogen) atoms. The molecule has 0 saturated heterocycles. The minimum Gasteiger partial charge on any atom is -0.324 e. The highest BCUT2D eigenvalue weighted by molar-refractivity contribution is 7.18. The average molecular weight is 449 g/mol. The molecule has 0 atom stereocenters. The summed E-state index contributed by atoms with van der Waals surface area (Å²) in [6.45, 7) is -0.211. The first-order valence-electron chi connectivity index (χ1n) is 9.46. The molecule has 8 nitrogen and oxygen atoms in total. The molecule has 0 spiro atoms. The van der Waals surface area contributed by atoms with Gasteiger partial charge in [-0.3, -0.25) is 4.79 Å². The van der Waals surface area contributed by atoms with Crippen molar-refractivity contribution in [2.45, 2.75) is 13.0 Å². The fourth-order valence-electron chi connectivity index (χ4n) is 3.11. The molecule has 3 aromatic heterocycles. The van der Waals surface area contributed by atoms with Crippen molar-refractivity contribution in [3.8, 4) is 5.00 Å². The zero-order chi connectivity index (χ0) is 21.2. The molecule has 0 bridgehead atoms. The predicted molar refractivity (Wildman–Crippen MR) is 121 cm³/mol. The number of hydrogen-bond acceptors (Lipinski definition) is 7. The van der Waals surface area contributed by atoms with Crippen molar-refractivity contribution in [1.82, 2.24) is 24.8 Å². The van der Waals surface area contributed by atoms with E-state index in [1.54, 1.807) is 17.4 Å². The van der Waals surface area contributed by atoms with Crippen LogP contribution in [-0.4, -0.2) is 30.7 Å². The fourth-order valence-corrected chi connectivity index (χ4v) is 4.78. The quantitative estimate of drug-likeness (QED) is 0.430. The predicted octanol–water partition coefficient (Wildman–Crippen LogP) is 3.33. The third kappa shape index (κ3) is 4.16. The molecule has 5 aromatic rings. The maximum atomic E-state index is 12.4. The zero-order valence-corrected chi connectivity index (χ0v) is 17.8. The van der Waals surface area contributed by atoms with Gasteiger partial charge in [0, 0.05) is 12.1 Å². The van der Waals surface area contributed by atoms with Gasteiger partial charge in [-0.15, -0.1) is 22.7 Å². The normalized spacial score (nSPS) is 11.1. The second-order valence-corrected chi connectivity index (χ2v) is 8.82. The molecule has 0 fully saturated rings. The smallest absolute Gasteiger partial charge is 0.324 e. The number of nitrogens with one attached hydrogen (secondary N) is 1. The van der Waals surface area contributed by atoms with E-state index in [2.05, 4.69) is 26.8 Å². The van der Waals surface area contributed by atoms with E-state index < -0.39 is 5.69 Å². The molecular weight excluding hydrogens is 432 g/mol. The van der Waals surface area contributed by atoms with Gasteiger partial charge in [-0.1, -0.05) is 24.3 Å². The van der Waals surface area contributed by atoms with E-state index in [1.165, 1.54) is 20.7 Å². The number of para-hydroxylation sites is 1. The van der Waals surface area contributed by atoms with Crippen LogP contribution in [0, 0.1) is 0 Å². The van der Waals surface area contributed by atoms with Crippen LogP contribution in [0.4, 0.5) is 5.69 Å². The van der Waals surface area contributed by atoms with E-state index >= 15 is 0 Å². The number of tetrazole rings is 1. The lowest BCUT2D eigenvalue weighted by Crippen LogP contribution is -2.29. The molecule has 0 unspecified atom stereocenters. The van der Waals surface area contributed by atoms with Gasteiger partial charge in [0.15, 0.2) is 0 Å². The van der Waals surface area contributed by atoms with E-state index in [1.807, 2.05) is 53.9 Å². The van der Waals surface area contributed by atoms with Gasteiger partial charge < -0.3 is 5.32 Å². The largest absolute Gasteiger partial charge is 0.369 e. The standard InChI is InChI=1S/C21H16N6O2S2/c28-18(13-26-21(29)27(25-24-26)20-6-3-11-30-20)22-15-9-7-14(8-10-15)12-19-23-16-4-1-2-5-17(16)31-19/h1-11H,12-13H2,(H,22,28). The highest BCUT2D eigenvalue weighted by atomic mass is 32.1. The van der Waals surface area contributed by atoms with Gasteiger partial charge in [-0.25, -0.2) is 9.78 Å². The van der Waals surface area contributed by atoms with Crippen LogP contribution >= 0.6 is 22.7 Å². The summed E-state index contributed by atoms with van der Waals surface area (Å²) in [7, 11) is 0. The minimum atomic E-state index is -0.455. The Kier molecular flexibility index (Phi) is 5.14. The zero-order valence-electron chi connectivity index (χ0n) is 16.1. The first-order chi connectivity index (χ1) is 15.2. The Hall–Kier alpha value is -3.63. The third-order valence-electron chi connectivity index (χ3n) is 4.58. The summed E-state index contributed by atoms with van der Waals surface area (Å²) in [5.41, 5.74) is 2.31. The van der Waals surface area contributed by atoms with Crippen LogP contribution in [0.3, 0.4) is 0 Å². The molecule has 0 aliphatic rings. The van der Waals surface area contributed by atoms with Gasteiger partial charge in [0.1, 0.15) is 11.5 Å². The number of anilines is 1. The number of amides is 1. The van der Waals surface area contributed by atoms with Crippen molar-refractivity contribution in [1.29, 1.82) is 0 Å². The number of fused-ring (bicyclic) bond motifs is 1. The van der Waals surface area contributed by atoms with Gasteiger partial charge in [0.05, 0.1) is 15.2 Å². The monoisotopic (exact) mass is 448 g/mol. The van der Waals surface area contributed by atoms with E-state index in [0.29, 0.717) is 10.7 Å². The maximum Gasteiger partial charge on any atom is 0.369 e. The number of aromatic nitrogens is 5. The summed E-state index contributed by atoms with van der Waals surface area (Å²) < 4.78 is 3.39. The van der Waals surface area contributed by atoms with Gasteiger partial charge in [-0.05, 0) is 57.8 Å². The number of carbonyl (C=O) groups excluding carboxylic acids is 1.